The molecule has 1 N–H and O–H groups in total. The van der Waals surface area contributed by atoms with Gasteiger partial charge < -0.3 is 5.32 Å². The number of aryl methyl sites for hydroxylation is 1. The fraction of sp³-hybridized carbons (Fsp3) is 0.750. The first-order valence-electron chi connectivity index (χ1n) is 5.73. The van der Waals surface area contributed by atoms with Gasteiger partial charge in [0.2, 0.25) is 0 Å². The minimum Gasteiger partial charge on any atom is -0.314 e. The molecular weight excluding hydrogens is 186 g/mol. The Morgan fingerprint density at radius 2 is 2.27 bits per heavy atom. The lowest BCUT2D eigenvalue weighted by atomic mass is 9.86. The van der Waals surface area contributed by atoms with Gasteiger partial charge in [-0.2, -0.15) is 5.10 Å². The second-order valence-corrected chi connectivity index (χ2v) is 5.30. The Kier molecular flexibility index (Phi) is 2.59. The molecule has 84 valence electrons. The van der Waals surface area contributed by atoms with E-state index in [1.54, 1.807) is 0 Å². The van der Waals surface area contributed by atoms with Gasteiger partial charge in [-0.3, -0.25) is 4.68 Å². The van der Waals surface area contributed by atoms with Crippen molar-refractivity contribution in [1.29, 1.82) is 0 Å². The molecule has 1 fully saturated rings. The molecule has 2 unspecified atom stereocenters. The maximum absolute atomic E-state index is 4.53. The van der Waals surface area contributed by atoms with E-state index in [1.807, 2.05) is 6.92 Å². The maximum atomic E-state index is 4.53. The van der Waals surface area contributed by atoms with E-state index in [1.165, 1.54) is 12.8 Å². The molecule has 1 aromatic heterocycles. The molecule has 3 heteroatoms. The Labute approximate surface area is 91.9 Å². The van der Waals surface area contributed by atoms with Crippen LogP contribution >= 0.6 is 0 Å². The van der Waals surface area contributed by atoms with Gasteiger partial charge >= 0.3 is 0 Å². The summed E-state index contributed by atoms with van der Waals surface area (Å²) in [7, 11) is 2.06. The molecule has 3 nitrogen and oxygen atoms in total. The molecular formula is C12H21N3. The summed E-state index contributed by atoms with van der Waals surface area (Å²) in [6.07, 6.45) is 4.59. The highest BCUT2D eigenvalue weighted by molar-refractivity contribution is 5.02. The SMILES string of the molecule is CNC1C(n2ccc(C)n2)CCC1(C)C. The minimum atomic E-state index is 0.374. The highest BCUT2D eigenvalue weighted by Crippen LogP contribution is 2.43. The zero-order chi connectivity index (χ0) is 11.1. The van der Waals surface area contributed by atoms with Gasteiger partial charge in [0.25, 0.3) is 0 Å². The van der Waals surface area contributed by atoms with Crippen molar-refractivity contribution < 1.29 is 0 Å². The van der Waals surface area contributed by atoms with Crippen molar-refractivity contribution in [3.05, 3.63) is 18.0 Å². The average Bonchev–Trinajstić information content (AvgIpc) is 2.69. The molecule has 0 radical (unpaired) electrons. The molecule has 0 amide bonds. The van der Waals surface area contributed by atoms with Crippen LogP contribution in [0.3, 0.4) is 0 Å². The van der Waals surface area contributed by atoms with Crippen molar-refractivity contribution in [2.75, 3.05) is 7.05 Å². The molecule has 1 aliphatic rings. The first kappa shape index (κ1) is 10.7. The number of rotatable bonds is 2. The summed E-state index contributed by atoms with van der Waals surface area (Å²) in [5.41, 5.74) is 1.48. The van der Waals surface area contributed by atoms with Crippen LogP contribution in [0.1, 0.15) is 38.4 Å². The van der Waals surface area contributed by atoms with Gasteiger partial charge in [0.1, 0.15) is 0 Å². The van der Waals surface area contributed by atoms with Crippen molar-refractivity contribution >= 4 is 0 Å². The molecule has 0 aliphatic heterocycles. The summed E-state index contributed by atoms with van der Waals surface area (Å²) in [5.74, 6) is 0. The van der Waals surface area contributed by atoms with Gasteiger partial charge in [0, 0.05) is 12.2 Å². The summed E-state index contributed by atoms with van der Waals surface area (Å²) >= 11 is 0. The first-order chi connectivity index (χ1) is 7.04. The molecule has 0 saturated heterocycles. The van der Waals surface area contributed by atoms with E-state index in [2.05, 4.69) is 48.3 Å². The number of hydrogen-bond acceptors (Lipinski definition) is 2. The van der Waals surface area contributed by atoms with E-state index in [0.717, 1.165) is 5.69 Å². The van der Waals surface area contributed by atoms with E-state index in [-0.39, 0.29) is 0 Å². The van der Waals surface area contributed by atoms with Crippen LogP contribution in [0, 0.1) is 12.3 Å². The Morgan fingerprint density at radius 1 is 1.53 bits per heavy atom. The van der Waals surface area contributed by atoms with E-state index in [0.29, 0.717) is 17.5 Å². The number of hydrogen-bond donors (Lipinski definition) is 1. The molecule has 1 aliphatic carbocycles. The van der Waals surface area contributed by atoms with Crippen LogP contribution in [-0.4, -0.2) is 22.9 Å². The standard InChI is InChI=1S/C12H21N3/c1-9-6-8-15(14-9)10-5-7-12(2,3)11(10)13-4/h6,8,10-11,13H,5,7H2,1-4H3. The first-order valence-corrected chi connectivity index (χ1v) is 5.73. The predicted molar refractivity (Wildman–Crippen MR) is 61.9 cm³/mol. The van der Waals surface area contributed by atoms with Gasteiger partial charge in [-0.15, -0.1) is 0 Å². The largest absolute Gasteiger partial charge is 0.314 e. The number of nitrogens with one attached hydrogen (secondary N) is 1. The van der Waals surface area contributed by atoms with Gasteiger partial charge in [0.15, 0.2) is 0 Å². The average molecular weight is 207 g/mol. The van der Waals surface area contributed by atoms with Crippen molar-refractivity contribution in [1.82, 2.24) is 15.1 Å². The van der Waals surface area contributed by atoms with Crippen LogP contribution in [0.4, 0.5) is 0 Å². The molecule has 0 aromatic carbocycles. The molecule has 1 heterocycles. The quantitative estimate of drug-likeness (QED) is 0.805. The molecule has 1 saturated carbocycles. The Bertz CT molecular complexity index is 340. The maximum Gasteiger partial charge on any atom is 0.0677 e. The van der Waals surface area contributed by atoms with Gasteiger partial charge in [-0.1, -0.05) is 13.8 Å². The van der Waals surface area contributed by atoms with Crippen LogP contribution in [-0.2, 0) is 0 Å². The van der Waals surface area contributed by atoms with E-state index < -0.39 is 0 Å². The summed E-state index contributed by atoms with van der Waals surface area (Å²) < 4.78 is 2.13. The molecule has 1 aromatic rings. The van der Waals surface area contributed by atoms with Gasteiger partial charge in [-0.05, 0) is 38.3 Å². The molecule has 2 rings (SSSR count). The van der Waals surface area contributed by atoms with Crippen molar-refractivity contribution in [3.8, 4) is 0 Å². The molecule has 0 spiro atoms. The lowest BCUT2D eigenvalue weighted by molar-refractivity contribution is 0.253. The lowest BCUT2D eigenvalue weighted by Gasteiger charge is -2.30. The summed E-state index contributed by atoms with van der Waals surface area (Å²) in [5, 5.41) is 7.98. The molecule has 2 atom stereocenters. The zero-order valence-electron chi connectivity index (χ0n) is 10.1. The van der Waals surface area contributed by atoms with Crippen molar-refractivity contribution in [3.63, 3.8) is 0 Å². The number of likely N-dealkylation sites (N-methyl/N-ethyl adjacent to an activating group) is 1. The van der Waals surface area contributed by atoms with Crippen LogP contribution < -0.4 is 5.32 Å². The normalized spacial score (nSPS) is 29.6. The molecule has 15 heavy (non-hydrogen) atoms. The van der Waals surface area contributed by atoms with Crippen LogP contribution in [0.25, 0.3) is 0 Å². The highest BCUT2D eigenvalue weighted by Gasteiger charge is 2.42. The second kappa shape index (κ2) is 3.63. The van der Waals surface area contributed by atoms with Gasteiger partial charge in [0.05, 0.1) is 11.7 Å². The van der Waals surface area contributed by atoms with E-state index >= 15 is 0 Å². The third-order valence-electron chi connectivity index (χ3n) is 3.70. The molecule has 0 bridgehead atoms. The smallest absolute Gasteiger partial charge is 0.0677 e. The van der Waals surface area contributed by atoms with E-state index in [9.17, 15) is 0 Å². The predicted octanol–water partition coefficient (Wildman–Crippen LogP) is 2.14. The van der Waals surface area contributed by atoms with Crippen LogP contribution in [0.15, 0.2) is 12.3 Å². The highest BCUT2D eigenvalue weighted by atomic mass is 15.3. The number of aromatic nitrogens is 2. The van der Waals surface area contributed by atoms with Gasteiger partial charge in [-0.25, -0.2) is 0 Å². The fourth-order valence-electron chi connectivity index (χ4n) is 2.85. The van der Waals surface area contributed by atoms with Crippen LogP contribution in [0.5, 0.6) is 0 Å². The zero-order valence-corrected chi connectivity index (χ0v) is 10.1. The van der Waals surface area contributed by atoms with Crippen molar-refractivity contribution in [2.24, 2.45) is 5.41 Å². The second-order valence-electron chi connectivity index (χ2n) is 5.30. The summed E-state index contributed by atoms with van der Waals surface area (Å²) in [4.78, 5) is 0. The fourth-order valence-corrected chi connectivity index (χ4v) is 2.85. The summed E-state index contributed by atoms with van der Waals surface area (Å²) in [6, 6.07) is 3.12. The monoisotopic (exact) mass is 207 g/mol. The van der Waals surface area contributed by atoms with Crippen molar-refractivity contribution in [2.45, 2.75) is 45.7 Å². The Morgan fingerprint density at radius 3 is 2.80 bits per heavy atom. The van der Waals surface area contributed by atoms with E-state index in [4.69, 9.17) is 0 Å². The minimum absolute atomic E-state index is 0.374. The third-order valence-corrected chi connectivity index (χ3v) is 3.70. The van der Waals surface area contributed by atoms with Crippen LogP contribution in [0.2, 0.25) is 0 Å². The Balaban J connectivity index is 2.24. The Hall–Kier alpha value is -0.830. The summed E-state index contributed by atoms with van der Waals surface area (Å²) in [6.45, 7) is 6.72. The topological polar surface area (TPSA) is 29.9 Å². The lowest BCUT2D eigenvalue weighted by Crippen LogP contribution is -2.40. The number of nitrogens with zero attached hydrogens (tertiary/aromatic N) is 2. The third kappa shape index (κ3) is 1.81.